The van der Waals surface area contributed by atoms with Gasteiger partial charge < -0.3 is 5.11 Å². The number of hydrogen-bond acceptors (Lipinski definition) is 1. The molecule has 0 saturated heterocycles. The van der Waals surface area contributed by atoms with Crippen LogP contribution in [0.1, 0.15) is 17.2 Å². The minimum absolute atomic E-state index is 0.199. The highest BCUT2D eigenvalue weighted by Crippen LogP contribution is 2.23. The van der Waals surface area contributed by atoms with E-state index < -0.39 is 11.9 Å². The van der Waals surface area contributed by atoms with Crippen molar-refractivity contribution in [2.24, 2.45) is 0 Å². The van der Waals surface area contributed by atoms with Gasteiger partial charge in [-0.3, -0.25) is 0 Å². The Kier molecular flexibility index (Phi) is 4.23. The summed E-state index contributed by atoms with van der Waals surface area (Å²) < 4.78 is 13.6. The fourth-order valence-electron chi connectivity index (χ4n) is 1.70. The molecule has 0 amide bonds. The monoisotopic (exact) mass is 284 g/mol. The van der Waals surface area contributed by atoms with Gasteiger partial charge in [-0.1, -0.05) is 41.4 Å². The van der Waals surface area contributed by atoms with Gasteiger partial charge in [0, 0.05) is 16.5 Å². The van der Waals surface area contributed by atoms with E-state index in [1.165, 1.54) is 6.07 Å². The molecular formula is C14H11Cl2FO. The topological polar surface area (TPSA) is 20.2 Å². The van der Waals surface area contributed by atoms with Gasteiger partial charge in [0.15, 0.2) is 0 Å². The van der Waals surface area contributed by atoms with Crippen LogP contribution in [-0.2, 0) is 6.42 Å². The summed E-state index contributed by atoms with van der Waals surface area (Å²) in [6, 6.07) is 11.3. The second-order valence-electron chi connectivity index (χ2n) is 4.01. The van der Waals surface area contributed by atoms with Crippen molar-refractivity contribution >= 4 is 23.2 Å². The fourth-order valence-corrected chi connectivity index (χ4v) is 1.98. The molecule has 0 bridgehead atoms. The molecule has 94 valence electrons. The summed E-state index contributed by atoms with van der Waals surface area (Å²) in [6.45, 7) is 0. The minimum atomic E-state index is -0.766. The Morgan fingerprint density at radius 3 is 2.22 bits per heavy atom. The van der Waals surface area contributed by atoms with E-state index in [-0.39, 0.29) is 6.42 Å². The first-order chi connectivity index (χ1) is 8.56. The summed E-state index contributed by atoms with van der Waals surface area (Å²) in [6.07, 6.45) is -0.567. The molecule has 4 heteroatoms. The second kappa shape index (κ2) is 5.70. The van der Waals surface area contributed by atoms with Crippen LogP contribution in [-0.4, -0.2) is 5.11 Å². The first-order valence-corrected chi connectivity index (χ1v) is 6.19. The van der Waals surface area contributed by atoms with Gasteiger partial charge in [0.1, 0.15) is 5.82 Å². The molecule has 2 rings (SSSR count). The molecule has 18 heavy (non-hydrogen) atoms. The quantitative estimate of drug-likeness (QED) is 0.885. The SMILES string of the molecule is OC(Cc1ccc(Cl)cc1F)c1ccc(Cl)cc1. The van der Waals surface area contributed by atoms with E-state index in [0.29, 0.717) is 21.2 Å². The van der Waals surface area contributed by atoms with Crippen molar-refractivity contribution in [2.75, 3.05) is 0 Å². The van der Waals surface area contributed by atoms with Gasteiger partial charge in [-0.25, -0.2) is 4.39 Å². The Labute approximate surface area is 115 Å². The molecule has 2 aromatic rings. The predicted molar refractivity (Wildman–Crippen MR) is 71.5 cm³/mol. The highest BCUT2D eigenvalue weighted by molar-refractivity contribution is 6.30. The molecule has 2 aromatic carbocycles. The molecular weight excluding hydrogens is 274 g/mol. The number of halogens is 3. The van der Waals surface area contributed by atoms with Gasteiger partial charge >= 0.3 is 0 Å². The lowest BCUT2D eigenvalue weighted by atomic mass is 10.0. The molecule has 0 aromatic heterocycles. The van der Waals surface area contributed by atoms with E-state index in [1.54, 1.807) is 36.4 Å². The summed E-state index contributed by atoms with van der Waals surface area (Å²) in [7, 11) is 0. The maximum Gasteiger partial charge on any atom is 0.127 e. The standard InChI is InChI=1S/C14H11Cl2FO/c15-11-4-1-9(2-5-11)14(18)7-10-3-6-12(16)8-13(10)17/h1-6,8,14,18H,7H2. The van der Waals surface area contributed by atoms with Crippen molar-refractivity contribution in [3.05, 3.63) is 69.5 Å². The largest absolute Gasteiger partial charge is 0.388 e. The van der Waals surface area contributed by atoms with Gasteiger partial charge in [0.05, 0.1) is 6.10 Å². The number of hydrogen-bond donors (Lipinski definition) is 1. The zero-order chi connectivity index (χ0) is 13.1. The number of aliphatic hydroxyl groups is 1. The predicted octanol–water partition coefficient (Wildman–Crippen LogP) is 4.41. The van der Waals surface area contributed by atoms with Gasteiger partial charge in [0.2, 0.25) is 0 Å². The smallest absolute Gasteiger partial charge is 0.127 e. The molecule has 0 aliphatic carbocycles. The van der Waals surface area contributed by atoms with Crippen LogP contribution in [0, 0.1) is 5.82 Å². The third-order valence-corrected chi connectivity index (χ3v) is 3.17. The maximum absolute atomic E-state index is 13.6. The normalized spacial score (nSPS) is 12.4. The third kappa shape index (κ3) is 3.22. The summed E-state index contributed by atoms with van der Waals surface area (Å²) >= 11 is 11.4. The summed E-state index contributed by atoms with van der Waals surface area (Å²) in [5.41, 5.74) is 1.13. The summed E-state index contributed by atoms with van der Waals surface area (Å²) in [5, 5.41) is 11.0. The molecule has 0 heterocycles. The first-order valence-electron chi connectivity index (χ1n) is 5.44. The molecule has 1 N–H and O–H groups in total. The van der Waals surface area contributed by atoms with Crippen molar-refractivity contribution in [1.82, 2.24) is 0 Å². The van der Waals surface area contributed by atoms with E-state index in [9.17, 15) is 9.50 Å². The molecule has 0 spiro atoms. The average molecular weight is 285 g/mol. The average Bonchev–Trinajstić information content (AvgIpc) is 2.33. The van der Waals surface area contributed by atoms with Gasteiger partial charge in [-0.2, -0.15) is 0 Å². The Balaban J connectivity index is 2.15. The third-order valence-electron chi connectivity index (χ3n) is 2.68. The maximum atomic E-state index is 13.6. The molecule has 0 fully saturated rings. The van der Waals surface area contributed by atoms with Gasteiger partial charge in [-0.05, 0) is 35.4 Å². The first kappa shape index (κ1) is 13.3. The molecule has 0 radical (unpaired) electrons. The van der Waals surface area contributed by atoms with Crippen molar-refractivity contribution in [1.29, 1.82) is 0 Å². The molecule has 1 unspecified atom stereocenters. The lowest BCUT2D eigenvalue weighted by molar-refractivity contribution is 0.177. The zero-order valence-electron chi connectivity index (χ0n) is 9.41. The van der Waals surface area contributed by atoms with Crippen molar-refractivity contribution in [3.8, 4) is 0 Å². The van der Waals surface area contributed by atoms with E-state index in [0.717, 1.165) is 0 Å². The van der Waals surface area contributed by atoms with Crippen molar-refractivity contribution < 1.29 is 9.50 Å². The van der Waals surface area contributed by atoms with Crippen LogP contribution in [0.4, 0.5) is 4.39 Å². The number of aliphatic hydroxyl groups excluding tert-OH is 1. The fraction of sp³-hybridized carbons (Fsp3) is 0.143. The Bertz CT molecular complexity index is 540. The van der Waals surface area contributed by atoms with E-state index in [4.69, 9.17) is 23.2 Å². The highest BCUT2D eigenvalue weighted by Gasteiger charge is 2.11. The summed E-state index contributed by atoms with van der Waals surface area (Å²) in [4.78, 5) is 0. The Morgan fingerprint density at radius 2 is 1.61 bits per heavy atom. The van der Waals surface area contributed by atoms with Crippen LogP contribution in [0.25, 0.3) is 0 Å². The minimum Gasteiger partial charge on any atom is -0.388 e. The molecule has 1 atom stereocenters. The van der Waals surface area contributed by atoms with Crippen molar-refractivity contribution in [3.63, 3.8) is 0 Å². The number of rotatable bonds is 3. The van der Waals surface area contributed by atoms with Gasteiger partial charge in [0.25, 0.3) is 0 Å². The van der Waals surface area contributed by atoms with Crippen LogP contribution in [0.3, 0.4) is 0 Å². The molecule has 1 nitrogen and oxygen atoms in total. The van der Waals surface area contributed by atoms with Gasteiger partial charge in [-0.15, -0.1) is 0 Å². The Morgan fingerprint density at radius 1 is 1.00 bits per heavy atom. The second-order valence-corrected chi connectivity index (χ2v) is 4.88. The van der Waals surface area contributed by atoms with E-state index >= 15 is 0 Å². The van der Waals surface area contributed by atoms with Crippen LogP contribution >= 0.6 is 23.2 Å². The molecule has 0 aliphatic heterocycles. The van der Waals surface area contributed by atoms with E-state index in [2.05, 4.69) is 0 Å². The Hall–Kier alpha value is -1.09. The van der Waals surface area contributed by atoms with Crippen molar-refractivity contribution in [2.45, 2.75) is 12.5 Å². The number of benzene rings is 2. The molecule has 0 aliphatic rings. The zero-order valence-corrected chi connectivity index (χ0v) is 10.9. The highest BCUT2D eigenvalue weighted by atomic mass is 35.5. The van der Waals surface area contributed by atoms with E-state index in [1.807, 2.05) is 0 Å². The van der Waals surface area contributed by atoms with Crippen LogP contribution < -0.4 is 0 Å². The van der Waals surface area contributed by atoms with Crippen LogP contribution in [0.15, 0.2) is 42.5 Å². The summed E-state index contributed by atoms with van der Waals surface area (Å²) in [5.74, 6) is -0.407. The lowest BCUT2D eigenvalue weighted by Crippen LogP contribution is -2.03. The lowest BCUT2D eigenvalue weighted by Gasteiger charge is -2.12. The molecule has 0 saturated carbocycles. The van der Waals surface area contributed by atoms with Crippen LogP contribution in [0.5, 0.6) is 0 Å². The van der Waals surface area contributed by atoms with Crippen LogP contribution in [0.2, 0.25) is 10.0 Å².